The van der Waals surface area contributed by atoms with Crippen LogP contribution in [0.2, 0.25) is 0 Å². The Hall–Kier alpha value is -2.56. The van der Waals surface area contributed by atoms with Gasteiger partial charge in [-0.15, -0.1) is 0 Å². The zero-order chi connectivity index (χ0) is 17.5. The molecule has 1 aliphatic carbocycles. The summed E-state index contributed by atoms with van der Waals surface area (Å²) in [6.07, 6.45) is 2.12. The molecule has 1 aromatic carbocycles. The molecule has 3 rings (SSSR count). The number of amides is 2. The van der Waals surface area contributed by atoms with E-state index < -0.39 is 5.91 Å². The lowest BCUT2D eigenvalue weighted by atomic mass is 10.1. The Labute approximate surface area is 141 Å². The molecule has 1 saturated carbocycles. The van der Waals surface area contributed by atoms with E-state index in [-0.39, 0.29) is 28.9 Å². The summed E-state index contributed by atoms with van der Waals surface area (Å²) in [6, 6.07) is 9.03. The molecular weight excluding hydrogens is 304 g/mol. The fraction of sp³-hybridized carbons (Fsp3) is 0.368. The molecule has 5 heteroatoms. The Morgan fingerprint density at radius 1 is 1.17 bits per heavy atom. The lowest BCUT2D eigenvalue weighted by Crippen LogP contribution is -2.43. The molecule has 1 aliphatic rings. The predicted molar refractivity (Wildman–Crippen MR) is 92.0 cm³/mol. The van der Waals surface area contributed by atoms with E-state index in [9.17, 15) is 9.59 Å². The van der Waals surface area contributed by atoms with Gasteiger partial charge in [-0.25, -0.2) is 0 Å². The number of benzene rings is 1. The zero-order valence-corrected chi connectivity index (χ0v) is 14.3. The number of hydrazine groups is 1. The second-order valence-electron chi connectivity index (χ2n) is 7.16. The van der Waals surface area contributed by atoms with Crippen molar-refractivity contribution >= 4 is 22.8 Å². The van der Waals surface area contributed by atoms with Crippen molar-refractivity contribution in [2.45, 2.75) is 27.7 Å². The summed E-state index contributed by atoms with van der Waals surface area (Å²) < 4.78 is 5.48. The molecule has 5 nitrogen and oxygen atoms in total. The first-order valence-corrected chi connectivity index (χ1v) is 8.04. The van der Waals surface area contributed by atoms with Crippen molar-refractivity contribution in [3.63, 3.8) is 0 Å². The number of carbonyl (C=O) groups excluding carboxylic acids is 2. The van der Waals surface area contributed by atoms with Crippen molar-refractivity contribution in [2.75, 3.05) is 0 Å². The first-order chi connectivity index (χ1) is 11.3. The van der Waals surface area contributed by atoms with Gasteiger partial charge in [0.05, 0.1) is 5.92 Å². The second-order valence-corrected chi connectivity index (χ2v) is 7.16. The third-order valence-electron chi connectivity index (χ3n) is 4.65. The van der Waals surface area contributed by atoms with Gasteiger partial charge in [0.15, 0.2) is 5.76 Å². The second kappa shape index (κ2) is 5.82. The Kier molecular flexibility index (Phi) is 3.95. The van der Waals surface area contributed by atoms with Crippen molar-refractivity contribution in [1.82, 2.24) is 10.9 Å². The number of furan rings is 1. The van der Waals surface area contributed by atoms with E-state index in [4.69, 9.17) is 4.42 Å². The number of fused-ring (bicyclic) bond motifs is 1. The number of nitrogens with one attached hydrogen (secondary N) is 2. The fourth-order valence-corrected chi connectivity index (χ4v) is 3.20. The maximum atomic E-state index is 12.3. The van der Waals surface area contributed by atoms with Crippen molar-refractivity contribution in [1.29, 1.82) is 0 Å². The van der Waals surface area contributed by atoms with Crippen LogP contribution in [0.4, 0.5) is 0 Å². The minimum Gasteiger partial charge on any atom is -0.451 e. The van der Waals surface area contributed by atoms with Crippen molar-refractivity contribution in [3.8, 4) is 0 Å². The van der Waals surface area contributed by atoms with Crippen LogP contribution in [0, 0.1) is 17.3 Å². The summed E-state index contributed by atoms with van der Waals surface area (Å²) in [5.41, 5.74) is 6.70. The van der Waals surface area contributed by atoms with E-state index >= 15 is 0 Å². The summed E-state index contributed by atoms with van der Waals surface area (Å²) >= 11 is 0. The first kappa shape index (κ1) is 16.3. The molecule has 0 aliphatic heterocycles. The van der Waals surface area contributed by atoms with Crippen LogP contribution in [0.1, 0.15) is 38.2 Å². The highest BCUT2D eigenvalue weighted by Crippen LogP contribution is 2.59. The molecular formula is C19H22N2O3. The minimum atomic E-state index is -0.461. The standard InChI is InChI=1S/C19H22N2O3/c1-11(2)9-13-16(19(13,3)4)18(23)21-20-17(22)15-10-12-7-5-6-8-14(12)24-15/h5-10,13,16H,1-4H3,(H,20,22)(H,21,23). The minimum absolute atomic E-state index is 0.0918. The maximum absolute atomic E-state index is 12.3. The van der Waals surface area contributed by atoms with Gasteiger partial charge < -0.3 is 4.42 Å². The largest absolute Gasteiger partial charge is 0.451 e. The Morgan fingerprint density at radius 2 is 1.88 bits per heavy atom. The molecule has 2 N–H and O–H groups in total. The van der Waals surface area contributed by atoms with E-state index in [1.807, 2.05) is 32.0 Å². The number of allylic oxidation sites excluding steroid dienone is 2. The van der Waals surface area contributed by atoms with Gasteiger partial charge in [0.2, 0.25) is 5.91 Å². The Bertz CT molecular complexity index is 795. The lowest BCUT2D eigenvalue weighted by molar-refractivity contribution is -0.123. The van der Waals surface area contributed by atoms with Gasteiger partial charge >= 0.3 is 5.91 Å². The molecule has 0 saturated heterocycles. The SMILES string of the molecule is CC(C)=CC1C(C(=O)NNC(=O)c2cc3ccccc3o2)C1(C)C. The van der Waals surface area contributed by atoms with Gasteiger partial charge in [0, 0.05) is 5.39 Å². The van der Waals surface area contributed by atoms with E-state index in [2.05, 4.69) is 30.8 Å². The molecule has 126 valence electrons. The number of para-hydroxylation sites is 1. The molecule has 2 aromatic rings. The van der Waals surface area contributed by atoms with E-state index in [1.165, 1.54) is 5.57 Å². The van der Waals surface area contributed by atoms with Crippen LogP contribution in [0.25, 0.3) is 11.0 Å². The molecule has 1 fully saturated rings. The molecule has 1 aromatic heterocycles. The van der Waals surface area contributed by atoms with Crippen LogP contribution < -0.4 is 10.9 Å². The molecule has 0 radical (unpaired) electrons. The van der Waals surface area contributed by atoms with Gasteiger partial charge in [-0.2, -0.15) is 0 Å². The van der Waals surface area contributed by atoms with Gasteiger partial charge in [0.1, 0.15) is 5.58 Å². The third kappa shape index (κ3) is 2.94. The van der Waals surface area contributed by atoms with Crippen LogP contribution in [-0.2, 0) is 4.79 Å². The van der Waals surface area contributed by atoms with Crippen LogP contribution in [0.3, 0.4) is 0 Å². The highest BCUT2D eigenvalue weighted by atomic mass is 16.3. The Balaban J connectivity index is 1.62. The van der Waals surface area contributed by atoms with Crippen LogP contribution >= 0.6 is 0 Å². The van der Waals surface area contributed by atoms with Gasteiger partial charge in [-0.05, 0) is 37.3 Å². The molecule has 1 heterocycles. The monoisotopic (exact) mass is 326 g/mol. The van der Waals surface area contributed by atoms with Crippen LogP contribution in [0.5, 0.6) is 0 Å². The summed E-state index contributed by atoms with van der Waals surface area (Å²) in [5, 5.41) is 0.848. The number of hydrogen-bond acceptors (Lipinski definition) is 3. The highest BCUT2D eigenvalue weighted by molar-refractivity contribution is 5.97. The van der Waals surface area contributed by atoms with Gasteiger partial charge in [-0.3, -0.25) is 20.4 Å². The average Bonchev–Trinajstić information content (AvgIpc) is 2.88. The molecule has 2 amide bonds. The average molecular weight is 326 g/mol. The van der Waals surface area contributed by atoms with Crippen LogP contribution in [-0.4, -0.2) is 11.8 Å². The zero-order valence-electron chi connectivity index (χ0n) is 14.3. The molecule has 2 unspecified atom stereocenters. The summed E-state index contributed by atoms with van der Waals surface area (Å²) in [6.45, 7) is 8.16. The third-order valence-corrected chi connectivity index (χ3v) is 4.65. The summed E-state index contributed by atoms with van der Waals surface area (Å²) in [5.74, 6) is -0.398. The molecule has 0 spiro atoms. The van der Waals surface area contributed by atoms with Crippen molar-refractivity contribution in [3.05, 3.63) is 47.7 Å². The lowest BCUT2D eigenvalue weighted by Gasteiger charge is -2.06. The summed E-state index contributed by atoms with van der Waals surface area (Å²) in [4.78, 5) is 24.5. The summed E-state index contributed by atoms with van der Waals surface area (Å²) in [7, 11) is 0. The van der Waals surface area contributed by atoms with Crippen molar-refractivity contribution < 1.29 is 14.0 Å². The fourth-order valence-electron chi connectivity index (χ4n) is 3.20. The maximum Gasteiger partial charge on any atom is 0.305 e. The smallest absolute Gasteiger partial charge is 0.305 e. The number of hydrogen-bond donors (Lipinski definition) is 2. The highest BCUT2D eigenvalue weighted by Gasteiger charge is 2.60. The molecule has 24 heavy (non-hydrogen) atoms. The van der Waals surface area contributed by atoms with Crippen molar-refractivity contribution in [2.24, 2.45) is 17.3 Å². The predicted octanol–water partition coefficient (Wildman–Crippen LogP) is 3.43. The Morgan fingerprint density at radius 3 is 2.54 bits per heavy atom. The number of rotatable bonds is 3. The molecule has 0 bridgehead atoms. The normalized spacial score (nSPS) is 21.2. The molecule has 2 atom stereocenters. The van der Waals surface area contributed by atoms with E-state index in [0.717, 1.165) is 5.39 Å². The van der Waals surface area contributed by atoms with Crippen LogP contribution in [0.15, 0.2) is 46.4 Å². The first-order valence-electron chi connectivity index (χ1n) is 8.04. The number of carbonyl (C=O) groups is 2. The van der Waals surface area contributed by atoms with Gasteiger partial charge in [-0.1, -0.05) is 43.7 Å². The topological polar surface area (TPSA) is 71.3 Å². The quantitative estimate of drug-likeness (QED) is 0.670. The van der Waals surface area contributed by atoms with E-state index in [1.54, 1.807) is 12.1 Å². The van der Waals surface area contributed by atoms with E-state index in [0.29, 0.717) is 5.58 Å². The van der Waals surface area contributed by atoms with Gasteiger partial charge in [0.25, 0.3) is 0 Å².